The van der Waals surface area contributed by atoms with Crippen LogP contribution in [0, 0.1) is 5.92 Å². The summed E-state index contributed by atoms with van der Waals surface area (Å²) in [7, 11) is 0. The Labute approximate surface area is 272 Å². The maximum atomic E-state index is 13.8. The van der Waals surface area contributed by atoms with Crippen LogP contribution in [-0.2, 0) is 16.1 Å². The normalized spacial score (nSPS) is 18.2. The Kier molecular flexibility index (Phi) is 10.9. The van der Waals surface area contributed by atoms with Gasteiger partial charge in [0.15, 0.2) is 0 Å². The number of carbonyl (C=O) groups is 4. The van der Waals surface area contributed by atoms with Crippen LogP contribution in [0.25, 0.3) is 22.2 Å². The molecular formula is C34H42N8O5. The molecule has 1 aliphatic rings. The third kappa shape index (κ3) is 8.15. The van der Waals surface area contributed by atoms with E-state index in [1.807, 2.05) is 32.0 Å². The van der Waals surface area contributed by atoms with Gasteiger partial charge in [-0.1, -0.05) is 32.4 Å². The van der Waals surface area contributed by atoms with Crippen molar-refractivity contribution in [3.63, 3.8) is 0 Å². The van der Waals surface area contributed by atoms with E-state index in [2.05, 4.69) is 31.1 Å². The van der Waals surface area contributed by atoms with Gasteiger partial charge in [-0.05, 0) is 61.1 Å². The lowest BCUT2D eigenvalue weighted by Crippen LogP contribution is -2.50. The summed E-state index contributed by atoms with van der Waals surface area (Å²) >= 11 is 0. The van der Waals surface area contributed by atoms with Gasteiger partial charge in [0.2, 0.25) is 11.8 Å². The topological polar surface area (TPSA) is 174 Å². The van der Waals surface area contributed by atoms with Gasteiger partial charge >= 0.3 is 5.69 Å². The number of imidazole rings is 1. The predicted octanol–water partition coefficient (Wildman–Crippen LogP) is 2.81. The maximum absolute atomic E-state index is 13.8. The molecular weight excluding hydrogens is 600 g/mol. The molecule has 0 unspecified atom stereocenters. The summed E-state index contributed by atoms with van der Waals surface area (Å²) < 4.78 is 1.56. The van der Waals surface area contributed by atoms with E-state index >= 15 is 0 Å². The van der Waals surface area contributed by atoms with Crippen molar-refractivity contribution in [2.24, 2.45) is 5.92 Å². The quantitative estimate of drug-likeness (QED) is 0.229. The van der Waals surface area contributed by atoms with E-state index in [-0.39, 0.29) is 41.7 Å². The van der Waals surface area contributed by atoms with E-state index in [1.54, 1.807) is 46.1 Å². The minimum absolute atomic E-state index is 0.0965. The number of carbonyl (C=O) groups excluding carboxylic acids is 4. The molecule has 0 aliphatic carbocycles. The highest BCUT2D eigenvalue weighted by Gasteiger charge is 2.26. The molecule has 0 spiro atoms. The van der Waals surface area contributed by atoms with E-state index in [4.69, 9.17) is 0 Å². The minimum atomic E-state index is -0.708. The standard InChI is InChI=1S/C34H42N8O5/c1-3-22(2)30-32(45)36-14-7-17-42-28-19-24(11-12-27(28)39-34(42)47)31(44)35-13-6-16-41(15-5-10-29(43)40-30)33(46)25-9-4-8-23(18-25)26-20-37-38-21-26/h4,8-9,11-12,18-22,30H,3,5-7,10,13-17H2,1-2H3,(H,35,44)(H,36,45)(H,37,38)(H,39,47)(H,40,43)/t22-,30-/m0/s1. The summed E-state index contributed by atoms with van der Waals surface area (Å²) in [6.45, 7) is 5.51. The zero-order valence-corrected chi connectivity index (χ0v) is 26.8. The third-order valence-corrected chi connectivity index (χ3v) is 8.66. The minimum Gasteiger partial charge on any atom is -0.354 e. The Hall–Kier alpha value is -5.20. The number of hydrogen-bond donors (Lipinski definition) is 5. The average Bonchev–Trinajstić information content (AvgIpc) is 3.73. The number of benzene rings is 2. The predicted molar refractivity (Wildman–Crippen MR) is 178 cm³/mol. The first-order valence-corrected chi connectivity index (χ1v) is 16.2. The van der Waals surface area contributed by atoms with E-state index in [9.17, 15) is 24.0 Å². The van der Waals surface area contributed by atoms with Gasteiger partial charge in [-0.15, -0.1) is 0 Å². The summed E-state index contributed by atoms with van der Waals surface area (Å²) in [5.74, 6) is -1.12. The molecule has 5 N–H and O–H groups in total. The van der Waals surface area contributed by atoms with Crippen molar-refractivity contribution in [2.75, 3.05) is 26.2 Å². The zero-order valence-electron chi connectivity index (χ0n) is 26.8. The molecule has 4 aromatic rings. The fourth-order valence-electron chi connectivity index (χ4n) is 5.76. The molecule has 0 saturated carbocycles. The van der Waals surface area contributed by atoms with Crippen molar-refractivity contribution in [1.29, 1.82) is 0 Å². The lowest BCUT2D eigenvalue weighted by Gasteiger charge is -2.25. The SMILES string of the molecule is CC[C@H](C)[C@@H]1NC(=O)CCCN(C(=O)c2cccc(-c3cn[nH]c3)c2)CCCNC(=O)c2ccc3[nH]c(=O)n(c3c2)CCCNC1=O. The van der Waals surface area contributed by atoms with Crippen LogP contribution >= 0.6 is 0 Å². The molecule has 0 radical (unpaired) electrons. The van der Waals surface area contributed by atoms with Crippen LogP contribution in [-0.4, -0.2) is 80.5 Å². The van der Waals surface area contributed by atoms with Crippen LogP contribution in [0.2, 0.25) is 0 Å². The summed E-state index contributed by atoms with van der Waals surface area (Å²) in [5.41, 5.74) is 3.53. The van der Waals surface area contributed by atoms with Crippen molar-refractivity contribution in [2.45, 2.75) is 58.5 Å². The van der Waals surface area contributed by atoms with Crippen LogP contribution in [0.4, 0.5) is 0 Å². The van der Waals surface area contributed by atoms with Gasteiger partial charge in [0, 0.05) is 62.0 Å². The molecule has 1 aliphatic heterocycles. The third-order valence-electron chi connectivity index (χ3n) is 8.66. The van der Waals surface area contributed by atoms with Crippen LogP contribution < -0.4 is 21.6 Å². The number of aromatic nitrogens is 4. The molecule has 47 heavy (non-hydrogen) atoms. The second-order valence-corrected chi connectivity index (χ2v) is 12.0. The zero-order chi connectivity index (χ0) is 33.3. The monoisotopic (exact) mass is 642 g/mol. The fraction of sp³-hybridized carbons (Fsp3) is 0.412. The summed E-state index contributed by atoms with van der Waals surface area (Å²) in [6.07, 6.45) is 5.63. The van der Waals surface area contributed by atoms with Gasteiger partial charge in [-0.3, -0.25) is 28.8 Å². The Morgan fingerprint density at radius 1 is 0.936 bits per heavy atom. The molecule has 5 rings (SSSR count). The Bertz CT molecular complexity index is 1780. The summed E-state index contributed by atoms with van der Waals surface area (Å²) in [5, 5.41) is 15.5. The van der Waals surface area contributed by atoms with Crippen LogP contribution in [0.3, 0.4) is 0 Å². The van der Waals surface area contributed by atoms with Crippen LogP contribution in [0.1, 0.15) is 66.7 Å². The number of hydrogen-bond acceptors (Lipinski definition) is 6. The molecule has 13 heteroatoms. The smallest absolute Gasteiger partial charge is 0.326 e. The first-order chi connectivity index (χ1) is 22.7. The largest absolute Gasteiger partial charge is 0.354 e. The Morgan fingerprint density at radius 2 is 1.72 bits per heavy atom. The molecule has 2 aromatic carbocycles. The molecule has 0 saturated heterocycles. The van der Waals surface area contributed by atoms with Crippen LogP contribution in [0.15, 0.2) is 59.7 Å². The van der Waals surface area contributed by atoms with E-state index < -0.39 is 6.04 Å². The Balaban J connectivity index is 1.37. The molecule has 0 fully saturated rings. The van der Waals surface area contributed by atoms with Gasteiger partial charge in [-0.25, -0.2) is 4.79 Å². The number of nitrogens with zero attached hydrogens (tertiary/aromatic N) is 3. The summed E-state index contributed by atoms with van der Waals surface area (Å²) in [4.78, 5) is 70.2. The van der Waals surface area contributed by atoms with Crippen molar-refractivity contribution in [1.82, 2.24) is 40.6 Å². The van der Waals surface area contributed by atoms with Gasteiger partial charge < -0.3 is 25.8 Å². The number of aromatic amines is 2. The van der Waals surface area contributed by atoms with Gasteiger partial charge in [-0.2, -0.15) is 5.10 Å². The lowest BCUT2D eigenvalue weighted by atomic mass is 9.98. The van der Waals surface area contributed by atoms with Crippen molar-refractivity contribution in [3.05, 3.63) is 76.5 Å². The lowest BCUT2D eigenvalue weighted by molar-refractivity contribution is -0.130. The van der Waals surface area contributed by atoms with E-state index in [0.29, 0.717) is 80.6 Å². The van der Waals surface area contributed by atoms with Gasteiger partial charge in [0.05, 0.1) is 17.2 Å². The highest BCUT2D eigenvalue weighted by molar-refractivity contribution is 5.97. The summed E-state index contributed by atoms with van der Waals surface area (Å²) in [6, 6.07) is 11.6. The van der Waals surface area contributed by atoms with Gasteiger partial charge in [0.1, 0.15) is 6.04 Å². The number of fused-ring (bicyclic) bond motifs is 1. The molecule has 2 aromatic heterocycles. The number of aryl methyl sites for hydroxylation is 1. The number of rotatable bonds is 4. The average molecular weight is 643 g/mol. The van der Waals surface area contributed by atoms with E-state index in [1.165, 1.54) is 0 Å². The highest BCUT2D eigenvalue weighted by atomic mass is 16.2. The molecule has 2 bridgehead atoms. The first kappa shape index (κ1) is 33.2. The first-order valence-electron chi connectivity index (χ1n) is 16.2. The van der Waals surface area contributed by atoms with E-state index in [0.717, 1.165) is 11.1 Å². The van der Waals surface area contributed by atoms with Crippen molar-refractivity contribution >= 4 is 34.7 Å². The molecule has 3 heterocycles. The number of H-pyrrole nitrogens is 2. The molecule has 248 valence electrons. The fourth-order valence-corrected chi connectivity index (χ4v) is 5.76. The van der Waals surface area contributed by atoms with Crippen molar-refractivity contribution < 1.29 is 19.2 Å². The second-order valence-electron chi connectivity index (χ2n) is 12.0. The molecule has 13 nitrogen and oxygen atoms in total. The number of nitrogens with one attached hydrogen (secondary N) is 5. The number of amides is 4. The van der Waals surface area contributed by atoms with Gasteiger partial charge in [0.25, 0.3) is 11.8 Å². The van der Waals surface area contributed by atoms with Crippen molar-refractivity contribution in [3.8, 4) is 11.1 Å². The molecule has 2 atom stereocenters. The maximum Gasteiger partial charge on any atom is 0.326 e. The highest BCUT2D eigenvalue weighted by Crippen LogP contribution is 2.20. The second kappa shape index (κ2) is 15.4. The Morgan fingerprint density at radius 3 is 2.51 bits per heavy atom. The van der Waals surface area contributed by atoms with Crippen LogP contribution in [0.5, 0.6) is 0 Å². The molecule has 4 amide bonds.